The van der Waals surface area contributed by atoms with Crippen LogP contribution in [0, 0.1) is 0 Å². The van der Waals surface area contributed by atoms with Gasteiger partial charge in [-0.3, -0.25) is 9.69 Å². The fraction of sp³-hybridized carbons (Fsp3) is 0.360. The summed E-state index contributed by atoms with van der Waals surface area (Å²) in [5.41, 5.74) is 2.88. The van der Waals surface area contributed by atoms with Gasteiger partial charge in [0, 0.05) is 37.6 Å². The van der Waals surface area contributed by atoms with E-state index in [4.69, 9.17) is 14.5 Å². The standard InChI is InChI=1S/C25H28N4O3/c1-27-17-19-6-4-5-7-20(19)29-15-12-26-24(29)25(27)10-13-28(14-11-25)23(30)18-8-9-21(31-2)22(16-18)32-3/h4-9,12,15-16H,10-11,13-14,17H2,1-3H3. The van der Waals surface area contributed by atoms with Gasteiger partial charge >= 0.3 is 0 Å². The van der Waals surface area contributed by atoms with Crippen molar-refractivity contribution >= 4 is 5.91 Å². The fourth-order valence-corrected chi connectivity index (χ4v) is 5.14. The number of carbonyl (C=O) groups is 1. The average Bonchev–Trinajstić information content (AvgIpc) is 3.31. The number of benzene rings is 2. The second kappa shape index (κ2) is 7.98. The summed E-state index contributed by atoms with van der Waals surface area (Å²) < 4.78 is 12.9. The maximum absolute atomic E-state index is 13.3. The van der Waals surface area contributed by atoms with Crippen molar-refractivity contribution in [2.45, 2.75) is 24.9 Å². The molecule has 3 aromatic rings. The first-order chi connectivity index (χ1) is 15.6. The van der Waals surface area contributed by atoms with Crippen LogP contribution in [0.1, 0.15) is 34.6 Å². The predicted octanol–water partition coefficient (Wildman–Crippen LogP) is 3.47. The normalized spacial score (nSPS) is 17.4. The van der Waals surface area contributed by atoms with E-state index in [2.05, 4.69) is 47.0 Å². The zero-order chi connectivity index (χ0) is 22.3. The van der Waals surface area contributed by atoms with Crippen LogP contribution in [0.3, 0.4) is 0 Å². The second-order valence-electron chi connectivity index (χ2n) is 8.50. The molecule has 32 heavy (non-hydrogen) atoms. The van der Waals surface area contributed by atoms with Gasteiger partial charge in [-0.2, -0.15) is 0 Å². The molecule has 0 atom stereocenters. The lowest BCUT2D eigenvalue weighted by Gasteiger charge is -2.46. The number of piperidine rings is 1. The number of methoxy groups -OCH3 is 2. The molecular formula is C25H28N4O3. The highest BCUT2D eigenvalue weighted by molar-refractivity contribution is 5.95. The number of para-hydroxylation sites is 1. The van der Waals surface area contributed by atoms with Crippen LogP contribution in [-0.2, 0) is 12.1 Å². The molecule has 5 rings (SSSR count). The van der Waals surface area contributed by atoms with E-state index in [1.54, 1.807) is 32.4 Å². The topological polar surface area (TPSA) is 59.8 Å². The third kappa shape index (κ3) is 3.15. The average molecular weight is 433 g/mol. The summed E-state index contributed by atoms with van der Waals surface area (Å²) in [6, 6.07) is 13.8. The lowest BCUT2D eigenvalue weighted by atomic mass is 9.84. The molecule has 1 amide bonds. The van der Waals surface area contributed by atoms with Crippen molar-refractivity contribution in [1.29, 1.82) is 0 Å². The van der Waals surface area contributed by atoms with E-state index in [9.17, 15) is 4.79 Å². The van der Waals surface area contributed by atoms with Gasteiger partial charge in [-0.25, -0.2) is 4.98 Å². The molecule has 0 radical (unpaired) electrons. The molecule has 2 aromatic carbocycles. The Labute approximate surface area is 188 Å². The Bertz CT molecular complexity index is 1150. The van der Waals surface area contributed by atoms with Crippen LogP contribution >= 0.6 is 0 Å². The Kier molecular flexibility index (Phi) is 5.13. The molecule has 7 heteroatoms. The summed E-state index contributed by atoms with van der Waals surface area (Å²) in [5, 5.41) is 0. The summed E-state index contributed by atoms with van der Waals surface area (Å²) in [7, 11) is 5.35. The predicted molar refractivity (Wildman–Crippen MR) is 121 cm³/mol. The maximum atomic E-state index is 13.3. The van der Waals surface area contributed by atoms with Crippen LogP contribution in [0.5, 0.6) is 11.5 Å². The molecule has 1 aromatic heterocycles. The number of imidazole rings is 1. The number of hydrogen-bond acceptors (Lipinski definition) is 5. The first-order valence-electron chi connectivity index (χ1n) is 10.9. The zero-order valence-electron chi connectivity index (χ0n) is 18.7. The van der Waals surface area contributed by atoms with Crippen molar-refractivity contribution in [2.75, 3.05) is 34.4 Å². The third-order valence-corrected chi connectivity index (χ3v) is 6.95. The highest BCUT2D eigenvalue weighted by Crippen LogP contribution is 2.42. The number of amides is 1. The van der Waals surface area contributed by atoms with Crippen molar-refractivity contribution in [3.8, 4) is 17.2 Å². The van der Waals surface area contributed by atoms with E-state index in [1.807, 2.05) is 11.1 Å². The van der Waals surface area contributed by atoms with Crippen LogP contribution in [-0.4, -0.2) is 59.6 Å². The molecule has 1 fully saturated rings. The molecule has 2 aliphatic heterocycles. The summed E-state index contributed by atoms with van der Waals surface area (Å²) in [4.78, 5) is 22.4. The zero-order valence-corrected chi connectivity index (χ0v) is 18.7. The highest BCUT2D eigenvalue weighted by Gasteiger charge is 2.45. The number of likely N-dealkylation sites (tertiary alicyclic amines) is 1. The van der Waals surface area contributed by atoms with E-state index in [-0.39, 0.29) is 11.4 Å². The lowest BCUT2D eigenvalue weighted by Crippen LogP contribution is -2.53. The van der Waals surface area contributed by atoms with Gasteiger partial charge in [-0.05, 0) is 49.7 Å². The van der Waals surface area contributed by atoms with E-state index in [0.29, 0.717) is 30.2 Å². The smallest absolute Gasteiger partial charge is 0.253 e. The van der Waals surface area contributed by atoms with E-state index < -0.39 is 0 Å². The SMILES string of the molecule is COc1ccc(C(=O)N2CCC3(CC2)c2nccn2-c2ccccc2CN3C)cc1OC. The maximum Gasteiger partial charge on any atom is 0.253 e. The van der Waals surface area contributed by atoms with E-state index in [0.717, 1.165) is 25.2 Å². The quantitative estimate of drug-likeness (QED) is 0.634. The largest absolute Gasteiger partial charge is 0.493 e. The van der Waals surface area contributed by atoms with Crippen LogP contribution in [0.25, 0.3) is 5.69 Å². The van der Waals surface area contributed by atoms with Gasteiger partial charge in [0.05, 0.1) is 25.4 Å². The van der Waals surface area contributed by atoms with Gasteiger partial charge in [-0.1, -0.05) is 18.2 Å². The summed E-state index contributed by atoms with van der Waals surface area (Å²) in [5.74, 6) is 2.26. The molecule has 0 unspecified atom stereocenters. The molecule has 166 valence electrons. The lowest BCUT2D eigenvalue weighted by molar-refractivity contribution is 0.0230. The molecule has 0 bridgehead atoms. The number of ether oxygens (including phenoxy) is 2. The first kappa shape index (κ1) is 20.6. The molecule has 1 spiro atoms. The fourth-order valence-electron chi connectivity index (χ4n) is 5.14. The number of nitrogens with zero attached hydrogens (tertiary/aromatic N) is 4. The van der Waals surface area contributed by atoms with Crippen LogP contribution in [0.15, 0.2) is 54.9 Å². The Balaban J connectivity index is 1.41. The van der Waals surface area contributed by atoms with Gasteiger partial charge in [0.1, 0.15) is 5.82 Å². The van der Waals surface area contributed by atoms with Gasteiger partial charge in [0.25, 0.3) is 5.91 Å². The Morgan fingerprint density at radius 1 is 1.03 bits per heavy atom. The summed E-state index contributed by atoms with van der Waals surface area (Å²) in [6.07, 6.45) is 5.59. The summed E-state index contributed by atoms with van der Waals surface area (Å²) in [6.45, 7) is 2.19. The van der Waals surface area contributed by atoms with Crippen molar-refractivity contribution in [3.63, 3.8) is 0 Å². The number of hydrogen-bond donors (Lipinski definition) is 0. The summed E-state index contributed by atoms with van der Waals surface area (Å²) >= 11 is 0. The van der Waals surface area contributed by atoms with Gasteiger partial charge in [-0.15, -0.1) is 0 Å². The molecule has 0 saturated carbocycles. The minimum Gasteiger partial charge on any atom is -0.493 e. The molecule has 0 aliphatic carbocycles. The second-order valence-corrected chi connectivity index (χ2v) is 8.50. The molecule has 7 nitrogen and oxygen atoms in total. The number of aromatic nitrogens is 2. The highest BCUT2D eigenvalue weighted by atomic mass is 16.5. The van der Waals surface area contributed by atoms with Crippen LogP contribution in [0.2, 0.25) is 0 Å². The number of fused-ring (bicyclic) bond motifs is 4. The van der Waals surface area contributed by atoms with Crippen molar-refractivity contribution in [3.05, 3.63) is 71.8 Å². The molecular weight excluding hydrogens is 404 g/mol. The van der Waals surface area contributed by atoms with E-state index in [1.165, 1.54) is 11.3 Å². The van der Waals surface area contributed by atoms with Crippen molar-refractivity contribution < 1.29 is 14.3 Å². The number of rotatable bonds is 3. The Morgan fingerprint density at radius 3 is 2.53 bits per heavy atom. The Morgan fingerprint density at radius 2 is 1.78 bits per heavy atom. The third-order valence-electron chi connectivity index (χ3n) is 6.95. The molecule has 0 N–H and O–H groups in total. The molecule has 1 saturated heterocycles. The van der Waals surface area contributed by atoms with Gasteiger partial charge < -0.3 is 18.9 Å². The number of carbonyl (C=O) groups excluding carboxylic acids is 1. The van der Waals surface area contributed by atoms with Crippen molar-refractivity contribution in [2.24, 2.45) is 0 Å². The van der Waals surface area contributed by atoms with Gasteiger partial charge in [0.15, 0.2) is 11.5 Å². The van der Waals surface area contributed by atoms with Crippen molar-refractivity contribution in [1.82, 2.24) is 19.4 Å². The minimum absolute atomic E-state index is 0.0173. The first-order valence-corrected chi connectivity index (χ1v) is 10.9. The van der Waals surface area contributed by atoms with Gasteiger partial charge in [0.2, 0.25) is 0 Å². The molecule has 2 aliphatic rings. The monoisotopic (exact) mass is 432 g/mol. The molecule has 3 heterocycles. The van der Waals surface area contributed by atoms with E-state index >= 15 is 0 Å². The minimum atomic E-state index is -0.211. The Hall–Kier alpha value is -3.32. The van der Waals surface area contributed by atoms with Crippen LogP contribution in [0.4, 0.5) is 0 Å². The van der Waals surface area contributed by atoms with Crippen LogP contribution < -0.4 is 9.47 Å².